The summed E-state index contributed by atoms with van der Waals surface area (Å²) in [5.41, 5.74) is 3.12. The van der Waals surface area contributed by atoms with E-state index in [1.165, 1.54) is 5.69 Å². The first-order valence-electron chi connectivity index (χ1n) is 9.61. The molecule has 6 heteroatoms. The van der Waals surface area contributed by atoms with E-state index in [2.05, 4.69) is 20.9 Å². The number of aromatic nitrogens is 2. The van der Waals surface area contributed by atoms with Crippen LogP contribution < -0.4 is 10.6 Å². The minimum absolute atomic E-state index is 0.00802. The molecule has 1 N–H and O–H groups in total. The molecule has 1 aliphatic rings. The highest BCUT2D eigenvalue weighted by Gasteiger charge is 2.17. The van der Waals surface area contributed by atoms with E-state index in [0.29, 0.717) is 0 Å². The van der Waals surface area contributed by atoms with E-state index in [4.69, 9.17) is 11.6 Å². The standard InChI is InChI=1S/C21H25ClN4O/c22-17-6-5-7-18(16-17)25-14-12-24(13-15-25)10-3-4-11-26-20-9-2-1-8-19(20)23-21(26)27/h1-2,5-9,16H,3-4,10-15H2,(H,23,27). The third-order valence-corrected chi connectivity index (χ3v) is 5.57. The highest BCUT2D eigenvalue weighted by atomic mass is 35.5. The van der Waals surface area contributed by atoms with Crippen LogP contribution in [0.5, 0.6) is 0 Å². The van der Waals surface area contributed by atoms with Gasteiger partial charge in [0.15, 0.2) is 0 Å². The van der Waals surface area contributed by atoms with Crippen LogP contribution in [-0.2, 0) is 6.54 Å². The number of H-pyrrole nitrogens is 1. The minimum Gasteiger partial charge on any atom is -0.369 e. The quantitative estimate of drug-likeness (QED) is 0.660. The summed E-state index contributed by atoms with van der Waals surface area (Å²) in [7, 11) is 0. The number of piperazine rings is 1. The number of aryl methyl sites for hydroxylation is 1. The molecule has 2 aromatic carbocycles. The predicted molar refractivity (Wildman–Crippen MR) is 112 cm³/mol. The topological polar surface area (TPSA) is 44.3 Å². The number of hydrogen-bond acceptors (Lipinski definition) is 3. The van der Waals surface area contributed by atoms with Gasteiger partial charge in [0.1, 0.15) is 0 Å². The third-order valence-electron chi connectivity index (χ3n) is 5.33. The molecule has 4 rings (SSSR count). The van der Waals surface area contributed by atoms with Crippen LogP contribution in [0.4, 0.5) is 5.69 Å². The first-order valence-corrected chi connectivity index (χ1v) is 9.99. The fourth-order valence-corrected chi connectivity index (χ4v) is 4.02. The van der Waals surface area contributed by atoms with Crippen molar-refractivity contribution in [2.75, 3.05) is 37.6 Å². The van der Waals surface area contributed by atoms with Gasteiger partial charge in [-0.1, -0.05) is 29.8 Å². The van der Waals surface area contributed by atoms with Crippen molar-refractivity contribution in [2.45, 2.75) is 19.4 Å². The summed E-state index contributed by atoms with van der Waals surface area (Å²) in [5, 5.41) is 0.794. The summed E-state index contributed by atoms with van der Waals surface area (Å²) in [4.78, 5) is 19.9. The normalized spacial score (nSPS) is 15.5. The molecule has 0 spiro atoms. The second-order valence-electron chi connectivity index (χ2n) is 7.11. The highest BCUT2D eigenvalue weighted by molar-refractivity contribution is 6.30. The van der Waals surface area contributed by atoms with Crippen LogP contribution in [0, 0.1) is 0 Å². The molecule has 5 nitrogen and oxygen atoms in total. The molecule has 1 aliphatic heterocycles. The fourth-order valence-electron chi connectivity index (χ4n) is 3.84. The third kappa shape index (κ3) is 4.20. The number of fused-ring (bicyclic) bond motifs is 1. The van der Waals surface area contributed by atoms with Gasteiger partial charge in [-0.25, -0.2) is 4.79 Å². The first kappa shape index (κ1) is 18.1. The van der Waals surface area contributed by atoms with Gasteiger partial charge in [-0.3, -0.25) is 9.47 Å². The van der Waals surface area contributed by atoms with Crippen molar-refractivity contribution in [3.8, 4) is 0 Å². The van der Waals surface area contributed by atoms with Crippen LogP contribution in [-0.4, -0.2) is 47.2 Å². The average Bonchev–Trinajstić information content (AvgIpc) is 3.01. The number of para-hydroxylation sites is 2. The zero-order chi connectivity index (χ0) is 18.6. The molecule has 1 saturated heterocycles. The Labute approximate surface area is 164 Å². The van der Waals surface area contributed by atoms with E-state index < -0.39 is 0 Å². The summed E-state index contributed by atoms with van der Waals surface area (Å²) < 4.78 is 1.85. The molecule has 142 valence electrons. The summed E-state index contributed by atoms with van der Waals surface area (Å²) >= 11 is 6.10. The Morgan fingerprint density at radius 3 is 2.52 bits per heavy atom. The lowest BCUT2D eigenvalue weighted by Crippen LogP contribution is -2.46. The minimum atomic E-state index is -0.00802. The van der Waals surface area contributed by atoms with Gasteiger partial charge in [0.2, 0.25) is 0 Å². The lowest BCUT2D eigenvalue weighted by Gasteiger charge is -2.36. The van der Waals surface area contributed by atoms with Crippen molar-refractivity contribution in [2.24, 2.45) is 0 Å². The number of unbranched alkanes of at least 4 members (excludes halogenated alkanes) is 1. The molecule has 0 aliphatic carbocycles. The van der Waals surface area contributed by atoms with Gasteiger partial charge in [-0.05, 0) is 49.7 Å². The maximum Gasteiger partial charge on any atom is 0.326 e. The molecule has 0 bridgehead atoms. The van der Waals surface area contributed by atoms with Crippen molar-refractivity contribution < 1.29 is 0 Å². The van der Waals surface area contributed by atoms with Gasteiger partial charge in [-0.2, -0.15) is 0 Å². The number of nitrogens with one attached hydrogen (secondary N) is 1. The number of nitrogens with zero attached hydrogens (tertiary/aromatic N) is 3. The Morgan fingerprint density at radius 1 is 0.926 bits per heavy atom. The van der Waals surface area contributed by atoms with Crippen molar-refractivity contribution >= 4 is 28.3 Å². The van der Waals surface area contributed by atoms with Crippen LogP contribution in [0.3, 0.4) is 0 Å². The molecule has 0 atom stereocenters. The van der Waals surface area contributed by atoms with Gasteiger partial charge < -0.3 is 9.88 Å². The summed E-state index contributed by atoms with van der Waals surface area (Å²) in [6, 6.07) is 16.0. The van der Waals surface area contributed by atoms with E-state index in [1.54, 1.807) is 0 Å². The van der Waals surface area contributed by atoms with Crippen molar-refractivity contribution in [1.29, 1.82) is 0 Å². The van der Waals surface area contributed by atoms with Gasteiger partial charge >= 0.3 is 5.69 Å². The summed E-state index contributed by atoms with van der Waals surface area (Å²) in [5.74, 6) is 0. The number of halogens is 1. The van der Waals surface area contributed by atoms with Crippen LogP contribution in [0.1, 0.15) is 12.8 Å². The lowest BCUT2D eigenvalue weighted by molar-refractivity contribution is 0.251. The molecule has 0 saturated carbocycles. The fraction of sp³-hybridized carbons (Fsp3) is 0.381. The van der Waals surface area contributed by atoms with Crippen molar-refractivity contribution in [1.82, 2.24) is 14.5 Å². The van der Waals surface area contributed by atoms with Gasteiger partial charge in [0.05, 0.1) is 11.0 Å². The molecule has 1 fully saturated rings. The number of hydrogen-bond donors (Lipinski definition) is 1. The van der Waals surface area contributed by atoms with E-state index in [-0.39, 0.29) is 5.69 Å². The maximum absolute atomic E-state index is 12.1. The number of imidazole rings is 1. The van der Waals surface area contributed by atoms with E-state index in [1.807, 2.05) is 47.0 Å². The van der Waals surface area contributed by atoms with Gasteiger partial charge in [0.25, 0.3) is 0 Å². The second-order valence-corrected chi connectivity index (χ2v) is 7.55. The number of benzene rings is 2. The highest BCUT2D eigenvalue weighted by Crippen LogP contribution is 2.21. The second kappa shape index (κ2) is 8.19. The number of aromatic amines is 1. The van der Waals surface area contributed by atoms with Crippen molar-refractivity contribution in [3.05, 3.63) is 64.0 Å². The summed E-state index contributed by atoms with van der Waals surface area (Å²) in [6.07, 6.45) is 2.11. The Morgan fingerprint density at radius 2 is 1.70 bits per heavy atom. The number of anilines is 1. The van der Waals surface area contributed by atoms with Gasteiger partial charge in [-0.15, -0.1) is 0 Å². The number of rotatable bonds is 6. The smallest absolute Gasteiger partial charge is 0.326 e. The SMILES string of the molecule is O=c1[nH]c2ccccc2n1CCCCN1CCN(c2cccc(Cl)c2)CC1. The lowest BCUT2D eigenvalue weighted by atomic mass is 10.2. The molecular formula is C21H25ClN4O. The van der Waals surface area contributed by atoms with Crippen molar-refractivity contribution in [3.63, 3.8) is 0 Å². The molecule has 27 heavy (non-hydrogen) atoms. The van der Waals surface area contributed by atoms with Crippen LogP contribution in [0.25, 0.3) is 11.0 Å². The van der Waals surface area contributed by atoms with Crippen LogP contribution in [0.2, 0.25) is 5.02 Å². The monoisotopic (exact) mass is 384 g/mol. The summed E-state index contributed by atoms with van der Waals surface area (Å²) in [6.45, 7) is 6.05. The predicted octanol–water partition coefficient (Wildman–Crippen LogP) is 3.59. The largest absolute Gasteiger partial charge is 0.369 e. The Bertz CT molecular complexity index is 956. The molecule has 0 radical (unpaired) electrons. The Balaban J connectivity index is 1.24. The molecular weight excluding hydrogens is 360 g/mol. The average molecular weight is 385 g/mol. The molecule has 0 amide bonds. The van der Waals surface area contributed by atoms with Gasteiger partial charge in [0, 0.05) is 43.4 Å². The Kier molecular flexibility index (Phi) is 5.50. The van der Waals surface area contributed by atoms with Crippen LogP contribution in [0.15, 0.2) is 53.3 Å². The molecule has 0 unspecified atom stereocenters. The first-order chi connectivity index (χ1) is 13.2. The zero-order valence-electron chi connectivity index (χ0n) is 15.4. The Hall–Kier alpha value is -2.24. The zero-order valence-corrected chi connectivity index (χ0v) is 16.2. The van der Waals surface area contributed by atoms with E-state index in [9.17, 15) is 4.79 Å². The molecule has 3 aromatic rings. The van der Waals surface area contributed by atoms with E-state index in [0.717, 1.165) is 68.2 Å². The molecule has 1 aromatic heterocycles. The van der Waals surface area contributed by atoms with Crippen LogP contribution >= 0.6 is 11.6 Å². The molecule has 2 heterocycles. The maximum atomic E-state index is 12.1. The van der Waals surface area contributed by atoms with E-state index >= 15 is 0 Å².